The predicted molar refractivity (Wildman–Crippen MR) is 129 cm³/mol. The molecule has 0 heterocycles. The molecule has 0 aliphatic carbocycles. The zero-order valence-electron chi connectivity index (χ0n) is 20.7. The fourth-order valence-electron chi connectivity index (χ4n) is 3.37. The summed E-state index contributed by atoms with van der Waals surface area (Å²) >= 11 is 0. The Morgan fingerprint density at radius 3 is 1.94 bits per heavy atom. The number of phenolic OH excluding ortho intramolecular Hbond substituents is 1. The second-order valence-corrected chi connectivity index (χ2v) is 9.12. The number of benzene rings is 1. The molecular weight excluding hydrogens is 456 g/mol. The minimum absolute atomic E-state index is 0.0160. The van der Waals surface area contributed by atoms with Gasteiger partial charge in [0.25, 0.3) is 0 Å². The van der Waals surface area contributed by atoms with Crippen molar-refractivity contribution in [2.45, 2.75) is 71.1 Å². The molecule has 0 aromatic heterocycles. The summed E-state index contributed by atoms with van der Waals surface area (Å²) in [5, 5.41) is 36.1. The fraction of sp³-hybridized carbons (Fsp3) is 0.583. The van der Waals surface area contributed by atoms with Crippen LogP contribution in [-0.2, 0) is 25.6 Å². The molecule has 11 heteroatoms. The van der Waals surface area contributed by atoms with E-state index in [9.17, 15) is 34.5 Å². The number of nitrogens with one attached hydrogen (secondary N) is 3. The van der Waals surface area contributed by atoms with Crippen molar-refractivity contribution in [1.82, 2.24) is 16.0 Å². The number of phenols is 1. The molecule has 5 atom stereocenters. The van der Waals surface area contributed by atoms with Gasteiger partial charge in [0.2, 0.25) is 17.7 Å². The van der Waals surface area contributed by atoms with Crippen LogP contribution in [0.5, 0.6) is 5.75 Å². The predicted octanol–water partition coefficient (Wildman–Crippen LogP) is -0.114. The molecule has 0 aliphatic rings. The number of aliphatic hydroxyl groups is 1. The third kappa shape index (κ3) is 9.91. The number of hydrogen-bond acceptors (Lipinski definition) is 7. The second-order valence-electron chi connectivity index (χ2n) is 9.12. The van der Waals surface area contributed by atoms with Gasteiger partial charge in [-0.3, -0.25) is 14.4 Å². The van der Waals surface area contributed by atoms with Gasteiger partial charge in [-0.2, -0.15) is 0 Å². The summed E-state index contributed by atoms with van der Waals surface area (Å²) in [6.07, 6.45) is 0.856. The summed E-state index contributed by atoms with van der Waals surface area (Å²) in [6, 6.07) is 1.32. The molecule has 1 aromatic rings. The lowest BCUT2D eigenvalue weighted by atomic mass is 9.98. The monoisotopic (exact) mass is 494 g/mol. The number of carboxylic acids is 1. The van der Waals surface area contributed by atoms with Gasteiger partial charge < -0.3 is 37.0 Å². The maximum atomic E-state index is 13.0. The normalized spacial score (nSPS) is 15.4. The van der Waals surface area contributed by atoms with Gasteiger partial charge in [0.1, 0.15) is 23.9 Å². The maximum Gasteiger partial charge on any atom is 0.326 e. The van der Waals surface area contributed by atoms with Gasteiger partial charge in [0.15, 0.2) is 0 Å². The zero-order valence-corrected chi connectivity index (χ0v) is 20.7. The third-order valence-corrected chi connectivity index (χ3v) is 5.66. The van der Waals surface area contributed by atoms with Crippen molar-refractivity contribution in [3.8, 4) is 5.75 Å². The van der Waals surface area contributed by atoms with Gasteiger partial charge in [-0.25, -0.2) is 4.79 Å². The molecule has 0 spiro atoms. The smallest absolute Gasteiger partial charge is 0.326 e. The summed E-state index contributed by atoms with van der Waals surface area (Å²) in [5.41, 5.74) is 6.43. The van der Waals surface area contributed by atoms with Crippen molar-refractivity contribution in [1.29, 1.82) is 0 Å². The first-order valence-electron chi connectivity index (χ1n) is 11.7. The molecule has 35 heavy (non-hydrogen) atoms. The number of nitrogens with two attached hydrogens (primary N) is 1. The van der Waals surface area contributed by atoms with Crippen LogP contribution in [0.4, 0.5) is 0 Å². The zero-order chi connectivity index (χ0) is 26.7. The first kappa shape index (κ1) is 29.9. The minimum atomic E-state index is -1.36. The number of carbonyl (C=O) groups excluding carboxylic acids is 3. The molecule has 0 saturated heterocycles. The topological polar surface area (TPSA) is 191 Å². The lowest BCUT2D eigenvalue weighted by molar-refractivity contribution is -0.143. The number of aromatic hydroxyl groups is 1. The van der Waals surface area contributed by atoms with Crippen LogP contribution in [0.15, 0.2) is 24.3 Å². The number of aliphatic carboxylic acids is 1. The first-order chi connectivity index (χ1) is 16.4. The number of carboxylic acid groups (broad SMARTS) is 1. The molecule has 3 amide bonds. The van der Waals surface area contributed by atoms with Crippen molar-refractivity contribution in [3.63, 3.8) is 0 Å². The Morgan fingerprint density at radius 1 is 0.914 bits per heavy atom. The van der Waals surface area contributed by atoms with Gasteiger partial charge >= 0.3 is 5.97 Å². The Kier molecular flexibility index (Phi) is 12.2. The lowest BCUT2D eigenvalue weighted by Gasteiger charge is -2.26. The molecule has 5 unspecified atom stereocenters. The van der Waals surface area contributed by atoms with Crippen molar-refractivity contribution in [3.05, 3.63) is 29.8 Å². The molecule has 0 saturated carbocycles. The Hall–Kier alpha value is -3.18. The standard InChI is InChI=1S/C24H38N4O7/c1-5-14(4)20(24(34)35)28-22(32)18(11-15-6-8-16(30)9-7-15)26-23(33)19(12-29)27-21(31)17(25)10-13(2)3/h6-9,13-14,17-20,29-30H,5,10-12,25H2,1-4H3,(H,26,33)(H,27,31)(H,28,32)(H,34,35). The number of aliphatic hydroxyl groups excluding tert-OH is 1. The van der Waals surface area contributed by atoms with Crippen LogP contribution in [-0.4, -0.2) is 69.8 Å². The van der Waals surface area contributed by atoms with Crippen molar-refractivity contribution in [2.75, 3.05) is 6.61 Å². The van der Waals surface area contributed by atoms with Gasteiger partial charge in [-0.05, 0) is 36.0 Å². The van der Waals surface area contributed by atoms with Gasteiger partial charge in [-0.1, -0.05) is 46.2 Å². The highest BCUT2D eigenvalue weighted by Gasteiger charge is 2.32. The van der Waals surface area contributed by atoms with E-state index in [1.54, 1.807) is 26.0 Å². The van der Waals surface area contributed by atoms with Crippen LogP contribution in [0.25, 0.3) is 0 Å². The van der Waals surface area contributed by atoms with E-state index in [1.165, 1.54) is 12.1 Å². The number of amides is 3. The quantitative estimate of drug-likeness (QED) is 0.186. The average molecular weight is 495 g/mol. The highest BCUT2D eigenvalue weighted by molar-refractivity contribution is 5.94. The summed E-state index contributed by atoms with van der Waals surface area (Å²) in [6.45, 7) is 6.52. The van der Waals surface area contributed by atoms with E-state index in [-0.39, 0.29) is 24.0 Å². The van der Waals surface area contributed by atoms with Crippen LogP contribution in [0.1, 0.15) is 46.1 Å². The van der Waals surface area contributed by atoms with E-state index >= 15 is 0 Å². The highest BCUT2D eigenvalue weighted by Crippen LogP contribution is 2.13. The molecule has 11 nitrogen and oxygen atoms in total. The summed E-state index contributed by atoms with van der Waals surface area (Å²) < 4.78 is 0. The fourth-order valence-corrected chi connectivity index (χ4v) is 3.37. The van der Waals surface area contributed by atoms with Crippen molar-refractivity contribution >= 4 is 23.7 Å². The first-order valence-corrected chi connectivity index (χ1v) is 11.7. The molecule has 8 N–H and O–H groups in total. The van der Waals surface area contributed by atoms with Gasteiger partial charge in [-0.15, -0.1) is 0 Å². The van der Waals surface area contributed by atoms with E-state index in [0.29, 0.717) is 18.4 Å². The molecule has 0 aliphatic heterocycles. The molecule has 0 fully saturated rings. The highest BCUT2D eigenvalue weighted by atomic mass is 16.4. The molecule has 0 radical (unpaired) electrons. The van der Waals surface area contributed by atoms with E-state index in [0.717, 1.165) is 0 Å². The Bertz CT molecular complexity index is 860. The molecule has 0 bridgehead atoms. The SMILES string of the molecule is CCC(C)C(NC(=O)C(Cc1ccc(O)cc1)NC(=O)C(CO)NC(=O)C(N)CC(C)C)C(=O)O. The molecular formula is C24H38N4O7. The lowest BCUT2D eigenvalue weighted by Crippen LogP contribution is -2.59. The molecule has 196 valence electrons. The molecule has 1 rings (SSSR count). The van der Waals surface area contributed by atoms with Crippen molar-refractivity contribution < 1.29 is 34.5 Å². The van der Waals surface area contributed by atoms with Gasteiger partial charge in [0.05, 0.1) is 12.6 Å². The summed E-state index contributed by atoms with van der Waals surface area (Å²) in [7, 11) is 0. The number of hydrogen-bond donors (Lipinski definition) is 7. The third-order valence-electron chi connectivity index (χ3n) is 5.66. The van der Waals surface area contributed by atoms with E-state index in [4.69, 9.17) is 5.73 Å². The van der Waals surface area contributed by atoms with Crippen LogP contribution < -0.4 is 21.7 Å². The van der Waals surface area contributed by atoms with Crippen LogP contribution in [0.2, 0.25) is 0 Å². The van der Waals surface area contributed by atoms with Crippen LogP contribution in [0.3, 0.4) is 0 Å². The Labute approximate surface area is 205 Å². The summed E-state index contributed by atoms with van der Waals surface area (Å²) in [4.78, 5) is 49.9. The van der Waals surface area contributed by atoms with Crippen molar-refractivity contribution in [2.24, 2.45) is 17.6 Å². The second kappa shape index (κ2) is 14.3. The summed E-state index contributed by atoms with van der Waals surface area (Å²) in [5.74, 6) is -3.60. The Balaban J connectivity index is 3.07. The van der Waals surface area contributed by atoms with E-state index < -0.39 is 54.5 Å². The average Bonchev–Trinajstić information content (AvgIpc) is 2.80. The Morgan fingerprint density at radius 2 is 1.46 bits per heavy atom. The van der Waals surface area contributed by atoms with E-state index in [2.05, 4.69) is 16.0 Å². The maximum absolute atomic E-state index is 13.0. The van der Waals surface area contributed by atoms with E-state index in [1.807, 2.05) is 13.8 Å². The largest absolute Gasteiger partial charge is 0.508 e. The minimum Gasteiger partial charge on any atom is -0.508 e. The number of rotatable bonds is 14. The van der Waals surface area contributed by atoms with Gasteiger partial charge in [0, 0.05) is 6.42 Å². The number of carbonyl (C=O) groups is 4. The van der Waals surface area contributed by atoms with Crippen LogP contribution >= 0.6 is 0 Å². The van der Waals surface area contributed by atoms with Crippen LogP contribution in [0, 0.1) is 11.8 Å². The molecule has 1 aromatic carbocycles.